The number of hydrogen-bond donors (Lipinski definition) is 1. The maximum Gasteiger partial charge on any atom is 0.222 e. The normalized spacial score (nSPS) is 10.0. The van der Waals surface area contributed by atoms with Gasteiger partial charge in [-0.25, -0.2) is 0 Å². The summed E-state index contributed by atoms with van der Waals surface area (Å²) in [5, 5.41) is 3.30. The minimum atomic E-state index is 0.160. The van der Waals surface area contributed by atoms with Crippen LogP contribution in [0.2, 0.25) is 0 Å². The predicted molar refractivity (Wildman–Crippen MR) is 74.1 cm³/mol. The van der Waals surface area contributed by atoms with Crippen LogP contribution in [0.3, 0.4) is 0 Å². The molecule has 100 valence electrons. The Balaban J connectivity index is 2.44. The molecule has 18 heavy (non-hydrogen) atoms. The summed E-state index contributed by atoms with van der Waals surface area (Å²) >= 11 is 0. The molecule has 1 rings (SSSR count). The molecule has 0 bridgehead atoms. The van der Waals surface area contributed by atoms with Crippen LogP contribution < -0.4 is 10.1 Å². The first-order chi connectivity index (χ1) is 8.54. The van der Waals surface area contributed by atoms with E-state index in [4.69, 9.17) is 4.74 Å². The van der Waals surface area contributed by atoms with Gasteiger partial charge in [0.25, 0.3) is 0 Å². The van der Waals surface area contributed by atoms with E-state index in [1.54, 1.807) is 26.1 Å². The van der Waals surface area contributed by atoms with Gasteiger partial charge in [-0.1, -0.05) is 6.07 Å². The van der Waals surface area contributed by atoms with Crippen molar-refractivity contribution in [1.82, 2.24) is 4.90 Å². The summed E-state index contributed by atoms with van der Waals surface area (Å²) in [7, 11) is 5.21. The van der Waals surface area contributed by atoms with Crippen molar-refractivity contribution < 1.29 is 9.53 Å². The maximum atomic E-state index is 11.4. The van der Waals surface area contributed by atoms with Gasteiger partial charge in [-0.3, -0.25) is 4.79 Å². The SMILES string of the molecule is COc1ccc(C)cc1NCCCC(=O)N(C)C. The molecule has 0 aliphatic carbocycles. The van der Waals surface area contributed by atoms with Gasteiger partial charge in [-0.05, 0) is 31.0 Å². The Kier molecular flexibility index (Phi) is 5.49. The predicted octanol–water partition coefficient (Wildman–Crippen LogP) is 2.28. The number of hydrogen-bond acceptors (Lipinski definition) is 3. The summed E-state index contributed by atoms with van der Waals surface area (Å²) in [6.07, 6.45) is 1.38. The van der Waals surface area contributed by atoms with Crippen LogP contribution in [0.5, 0.6) is 5.75 Å². The third-order valence-corrected chi connectivity index (χ3v) is 2.74. The van der Waals surface area contributed by atoms with E-state index in [0.717, 1.165) is 24.4 Å². The monoisotopic (exact) mass is 250 g/mol. The summed E-state index contributed by atoms with van der Waals surface area (Å²) in [6.45, 7) is 2.81. The summed E-state index contributed by atoms with van der Waals surface area (Å²) in [5.41, 5.74) is 2.16. The fraction of sp³-hybridized carbons (Fsp3) is 0.500. The van der Waals surface area contributed by atoms with E-state index in [-0.39, 0.29) is 5.91 Å². The van der Waals surface area contributed by atoms with Gasteiger partial charge in [0.2, 0.25) is 5.91 Å². The van der Waals surface area contributed by atoms with Crippen molar-refractivity contribution in [2.24, 2.45) is 0 Å². The van der Waals surface area contributed by atoms with Gasteiger partial charge in [0.15, 0.2) is 0 Å². The zero-order valence-electron chi connectivity index (χ0n) is 11.6. The first-order valence-corrected chi connectivity index (χ1v) is 6.13. The second-order valence-corrected chi connectivity index (χ2v) is 4.52. The Morgan fingerprint density at radius 3 is 2.72 bits per heavy atom. The van der Waals surface area contributed by atoms with E-state index in [0.29, 0.717) is 6.42 Å². The van der Waals surface area contributed by atoms with Gasteiger partial charge in [-0.15, -0.1) is 0 Å². The highest BCUT2D eigenvalue weighted by molar-refractivity contribution is 5.75. The average molecular weight is 250 g/mol. The molecule has 0 radical (unpaired) electrons. The molecule has 0 saturated carbocycles. The third-order valence-electron chi connectivity index (χ3n) is 2.74. The minimum absolute atomic E-state index is 0.160. The Morgan fingerprint density at radius 2 is 2.11 bits per heavy atom. The maximum absolute atomic E-state index is 11.4. The average Bonchev–Trinajstić information content (AvgIpc) is 2.34. The second-order valence-electron chi connectivity index (χ2n) is 4.52. The standard InChI is InChI=1S/C14H22N2O2/c1-11-7-8-13(18-4)12(10-11)15-9-5-6-14(17)16(2)3/h7-8,10,15H,5-6,9H2,1-4H3. The van der Waals surface area contributed by atoms with Crippen molar-refractivity contribution in [2.75, 3.05) is 33.1 Å². The number of methoxy groups -OCH3 is 1. The summed E-state index contributed by atoms with van der Waals surface area (Å²) in [5.74, 6) is 0.993. The number of nitrogens with one attached hydrogen (secondary N) is 1. The van der Waals surface area contributed by atoms with Crippen LogP contribution in [0.1, 0.15) is 18.4 Å². The minimum Gasteiger partial charge on any atom is -0.495 e. The van der Waals surface area contributed by atoms with Gasteiger partial charge >= 0.3 is 0 Å². The highest BCUT2D eigenvalue weighted by Gasteiger charge is 2.05. The zero-order chi connectivity index (χ0) is 13.5. The fourth-order valence-corrected chi connectivity index (χ4v) is 1.65. The number of anilines is 1. The number of rotatable bonds is 6. The second kappa shape index (κ2) is 6.89. The number of carbonyl (C=O) groups is 1. The van der Waals surface area contributed by atoms with Gasteiger partial charge < -0.3 is 15.0 Å². The van der Waals surface area contributed by atoms with E-state index < -0.39 is 0 Å². The first kappa shape index (κ1) is 14.4. The van der Waals surface area contributed by atoms with Crippen LogP contribution in [0.25, 0.3) is 0 Å². The Labute approximate surface area is 109 Å². The molecule has 0 aliphatic rings. The van der Waals surface area contributed by atoms with Crippen LogP contribution >= 0.6 is 0 Å². The number of benzene rings is 1. The fourth-order valence-electron chi connectivity index (χ4n) is 1.65. The highest BCUT2D eigenvalue weighted by atomic mass is 16.5. The van der Waals surface area contributed by atoms with Crippen molar-refractivity contribution in [3.8, 4) is 5.75 Å². The first-order valence-electron chi connectivity index (χ1n) is 6.13. The van der Waals surface area contributed by atoms with Gasteiger partial charge in [0.1, 0.15) is 5.75 Å². The molecule has 1 amide bonds. The molecule has 0 unspecified atom stereocenters. The van der Waals surface area contributed by atoms with Crippen LogP contribution in [0.15, 0.2) is 18.2 Å². The molecule has 1 aromatic rings. The highest BCUT2D eigenvalue weighted by Crippen LogP contribution is 2.24. The van der Waals surface area contributed by atoms with Crippen molar-refractivity contribution in [1.29, 1.82) is 0 Å². The summed E-state index contributed by atoms with van der Waals surface area (Å²) < 4.78 is 5.28. The van der Waals surface area contributed by atoms with Crippen LogP contribution in [-0.2, 0) is 4.79 Å². The molecule has 0 saturated heterocycles. The van der Waals surface area contributed by atoms with Crippen LogP contribution in [0, 0.1) is 6.92 Å². The van der Waals surface area contributed by atoms with Crippen molar-refractivity contribution in [3.05, 3.63) is 23.8 Å². The number of aryl methyl sites for hydroxylation is 1. The van der Waals surface area contributed by atoms with Crippen molar-refractivity contribution in [3.63, 3.8) is 0 Å². The van der Waals surface area contributed by atoms with Gasteiger partial charge in [0, 0.05) is 27.1 Å². The Morgan fingerprint density at radius 1 is 1.39 bits per heavy atom. The third kappa shape index (κ3) is 4.28. The van der Waals surface area contributed by atoms with E-state index >= 15 is 0 Å². The number of ether oxygens (including phenoxy) is 1. The summed E-state index contributed by atoms with van der Waals surface area (Å²) in [4.78, 5) is 13.0. The number of amides is 1. The molecule has 0 spiro atoms. The molecule has 0 heterocycles. The molecule has 1 N–H and O–H groups in total. The molecule has 1 aromatic carbocycles. The quantitative estimate of drug-likeness (QED) is 0.788. The van der Waals surface area contributed by atoms with E-state index in [9.17, 15) is 4.79 Å². The molecular formula is C14H22N2O2. The van der Waals surface area contributed by atoms with Crippen LogP contribution in [-0.4, -0.2) is 38.6 Å². The van der Waals surface area contributed by atoms with E-state index in [2.05, 4.69) is 5.32 Å². The van der Waals surface area contributed by atoms with Crippen molar-refractivity contribution >= 4 is 11.6 Å². The van der Waals surface area contributed by atoms with Crippen molar-refractivity contribution in [2.45, 2.75) is 19.8 Å². The molecule has 4 nitrogen and oxygen atoms in total. The summed E-state index contributed by atoms with van der Waals surface area (Å²) in [6, 6.07) is 6.01. The largest absolute Gasteiger partial charge is 0.495 e. The topological polar surface area (TPSA) is 41.6 Å². The molecule has 0 aliphatic heterocycles. The van der Waals surface area contributed by atoms with E-state index in [1.807, 2.05) is 25.1 Å². The van der Waals surface area contributed by atoms with Crippen LogP contribution in [0.4, 0.5) is 5.69 Å². The Hall–Kier alpha value is -1.71. The van der Waals surface area contributed by atoms with Gasteiger partial charge in [-0.2, -0.15) is 0 Å². The number of carbonyl (C=O) groups excluding carboxylic acids is 1. The lowest BCUT2D eigenvalue weighted by molar-refractivity contribution is -0.128. The molecule has 0 fully saturated rings. The molecule has 4 heteroatoms. The smallest absolute Gasteiger partial charge is 0.222 e. The lowest BCUT2D eigenvalue weighted by Gasteiger charge is -2.13. The lowest BCUT2D eigenvalue weighted by atomic mass is 10.2. The van der Waals surface area contributed by atoms with Gasteiger partial charge in [0.05, 0.1) is 12.8 Å². The lowest BCUT2D eigenvalue weighted by Crippen LogP contribution is -2.22. The zero-order valence-corrected chi connectivity index (χ0v) is 11.6. The molecular weight excluding hydrogens is 228 g/mol. The molecule has 0 aromatic heterocycles. The number of nitrogens with zero attached hydrogens (tertiary/aromatic N) is 1. The molecule has 0 atom stereocenters. The van der Waals surface area contributed by atoms with E-state index in [1.165, 1.54) is 5.56 Å². The Bertz CT molecular complexity index is 403.